The predicted molar refractivity (Wildman–Crippen MR) is 72.5 cm³/mol. The normalized spacial score (nSPS) is 11.2. The van der Waals surface area contributed by atoms with Crippen LogP contribution in [0.1, 0.15) is 5.56 Å². The van der Waals surface area contributed by atoms with E-state index in [0.717, 1.165) is 13.2 Å². The minimum atomic E-state index is -3.86. The molecule has 1 aromatic carbocycles. The highest BCUT2D eigenvalue weighted by Crippen LogP contribution is 2.13. The Hall–Kier alpha value is -2.35. The lowest BCUT2D eigenvalue weighted by atomic mass is 10.2. The first-order valence-electron chi connectivity index (χ1n) is 5.41. The number of rotatable bonds is 6. The minimum absolute atomic E-state index is 0.224. The monoisotopic (exact) mass is 299 g/mol. The van der Waals surface area contributed by atoms with Crippen LogP contribution < -0.4 is 4.72 Å². The zero-order valence-electron chi connectivity index (χ0n) is 10.6. The van der Waals surface area contributed by atoms with Gasteiger partial charge >= 0.3 is 11.9 Å². The molecule has 0 atom stereocenters. The fourth-order valence-electron chi connectivity index (χ4n) is 1.30. The maximum Gasteiger partial charge on any atom is 0.328 e. The number of hydrogen-bond acceptors (Lipinski definition) is 5. The van der Waals surface area contributed by atoms with Gasteiger partial charge in [0.15, 0.2) is 5.75 Å². The van der Waals surface area contributed by atoms with Crippen LogP contribution >= 0.6 is 0 Å². The third-order valence-corrected chi connectivity index (χ3v) is 3.28. The fourth-order valence-corrected chi connectivity index (χ4v) is 2.29. The van der Waals surface area contributed by atoms with Gasteiger partial charge in [-0.05, 0) is 23.8 Å². The van der Waals surface area contributed by atoms with Crippen LogP contribution in [0.2, 0.25) is 0 Å². The van der Waals surface area contributed by atoms with Crippen molar-refractivity contribution < 1.29 is 27.9 Å². The average molecular weight is 299 g/mol. The van der Waals surface area contributed by atoms with Crippen LogP contribution in [0, 0.1) is 0 Å². The second kappa shape index (κ2) is 6.71. The number of methoxy groups -OCH3 is 1. The van der Waals surface area contributed by atoms with Gasteiger partial charge in [-0.1, -0.05) is 12.1 Å². The number of carbonyl (C=O) groups is 2. The van der Waals surface area contributed by atoms with Gasteiger partial charge in [0.1, 0.15) is 0 Å². The van der Waals surface area contributed by atoms with Crippen LogP contribution in [0.3, 0.4) is 0 Å². The largest absolute Gasteiger partial charge is 0.478 e. The molecule has 1 aromatic rings. The molecule has 0 aliphatic heterocycles. The van der Waals surface area contributed by atoms with E-state index in [4.69, 9.17) is 5.11 Å². The van der Waals surface area contributed by atoms with Crippen molar-refractivity contribution in [1.29, 1.82) is 0 Å². The van der Waals surface area contributed by atoms with E-state index < -0.39 is 27.7 Å². The van der Waals surface area contributed by atoms with Gasteiger partial charge in [0.25, 0.3) is 0 Å². The molecule has 0 bridgehead atoms. The van der Waals surface area contributed by atoms with E-state index in [1.54, 1.807) is 12.1 Å². The van der Waals surface area contributed by atoms with Crippen LogP contribution in [-0.4, -0.2) is 38.3 Å². The predicted octanol–water partition coefficient (Wildman–Crippen LogP) is 0.699. The maximum absolute atomic E-state index is 11.6. The summed E-state index contributed by atoms with van der Waals surface area (Å²) in [5.74, 6) is -2.78. The number of carboxylic acids is 1. The second-order valence-electron chi connectivity index (χ2n) is 3.73. The molecular formula is C12H13NO6S. The Morgan fingerprint density at radius 2 is 2.10 bits per heavy atom. The molecule has 0 fully saturated rings. The molecule has 20 heavy (non-hydrogen) atoms. The first-order valence-corrected chi connectivity index (χ1v) is 7.06. The van der Waals surface area contributed by atoms with Crippen molar-refractivity contribution in [3.63, 3.8) is 0 Å². The molecule has 0 saturated heterocycles. The standard InChI is InChI=1S/C12H13NO6S/c1-19-12(16)8-20(17,18)13-10-4-2-3-9(7-10)5-6-11(14)15/h2-7,13H,8H2,1H3,(H,14,15). The number of carbonyl (C=O) groups excluding carboxylic acids is 1. The van der Waals surface area contributed by atoms with Gasteiger partial charge in [0.2, 0.25) is 10.0 Å². The van der Waals surface area contributed by atoms with Crippen LogP contribution in [-0.2, 0) is 24.3 Å². The summed E-state index contributed by atoms with van der Waals surface area (Å²) in [5.41, 5.74) is 0.729. The second-order valence-corrected chi connectivity index (χ2v) is 5.46. The van der Waals surface area contributed by atoms with Crippen LogP contribution in [0.15, 0.2) is 30.3 Å². The number of esters is 1. The number of ether oxygens (including phenoxy) is 1. The average Bonchev–Trinajstić information content (AvgIpc) is 2.35. The Morgan fingerprint density at radius 1 is 1.40 bits per heavy atom. The van der Waals surface area contributed by atoms with Crippen LogP contribution in [0.5, 0.6) is 0 Å². The van der Waals surface area contributed by atoms with Gasteiger partial charge in [-0.2, -0.15) is 0 Å². The number of hydrogen-bond donors (Lipinski definition) is 2. The quantitative estimate of drug-likeness (QED) is 0.591. The summed E-state index contributed by atoms with van der Waals surface area (Å²) in [6.07, 6.45) is 2.25. The number of nitrogens with one attached hydrogen (secondary N) is 1. The zero-order chi connectivity index (χ0) is 15.2. The Bertz CT molecular complexity index is 635. The Kier molecular flexibility index (Phi) is 5.27. The lowest BCUT2D eigenvalue weighted by Crippen LogP contribution is -2.23. The summed E-state index contributed by atoms with van der Waals surface area (Å²) in [6, 6.07) is 6.08. The molecular weight excluding hydrogens is 286 g/mol. The van der Waals surface area contributed by atoms with Gasteiger partial charge in [0, 0.05) is 11.8 Å². The van der Waals surface area contributed by atoms with Crippen LogP contribution in [0.25, 0.3) is 6.08 Å². The SMILES string of the molecule is COC(=O)CS(=O)(=O)Nc1cccc(C=CC(=O)O)c1. The van der Waals surface area contributed by atoms with E-state index >= 15 is 0 Å². The summed E-state index contributed by atoms with van der Waals surface area (Å²) in [6.45, 7) is 0. The molecule has 2 N–H and O–H groups in total. The summed E-state index contributed by atoms with van der Waals surface area (Å²) < 4.78 is 29.7. The molecule has 1 rings (SSSR count). The molecule has 0 heterocycles. The fraction of sp³-hybridized carbons (Fsp3) is 0.167. The molecule has 0 amide bonds. The highest BCUT2D eigenvalue weighted by molar-refractivity contribution is 7.93. The van der Waals surface area contributed by atoms with Crippen molar-refractivity contribution in [2.45, 2.75) is 0 Å². The van der Waals surface area contributed by atoms with E-state index in [0.29, 0.717) is 5.56 Å². The topological polar surface area (TPSA) is 110 Å². The Balaban J connectivity index is 2.85. The van der Waals surface area contributed by atoms with E-state index in [9.17, 15) is 18.0 Å². The number of carboxylic acid groups (broad SMARTS) is 1. The Morgan fingerprint density at radius 3 is 2.70 bits per heavy atom. The molecule has 0 saturated carbocycles. The lowest BCUT2D eigenvalue weighted by molar-refractivity contribution is -0.137. The number of sulfonamides is 1. The third kappa shape index (κ3) is 5.53. The summed E-state index contributed by atoms with van der Waals surface area (Å²) in [7, 11) is -2.77. The minimum Gasteiger partial charge on any atom is -0.478 e. The number of aliphatic carboxylic acids is 1. The van der Waals surface area contributed by atoms with Crippen molar-refractivity contribution >= 4 is 33.7 Å². The van der Waals surface area contributed by atoms with E-state index in [-0.39, 0.29) is 5.69 Å². The maximum atomic E-state index is 11.6. The third-order valence-electron chi connectivity index (χ3n) is 2.11. The van der Waals surface area contributed by atoms with Crippen molar-refractivity contribution in [3.05, 3.63) is 35.9 Å². The van der Waals surface area contributed by atoms with Crippen molar-refractivity contribution in [2.75, 3.05) is 17.6 Å². The summed E-state index contributed by atoms with van der Waals surface area (Å²) >= 11 is 0. The van der Waals surface area contributed by atoms with Crippen molar-refractivity contribution in [1.82, 2.24) is 0 Å². The van der Waals surface area contributed by atoms with Crippen LogP contribution in [0.4, 0.5) is 5.69 Å². The first kappa shape index (κ1) is 15.7. The molecule has 0 aliphatic rings. The zero-order valence-corrected chi connectivity index (χ0v) is 11.4. The van der Waals surface area contributed by atoms with Gasteiger partial charge < -0.3 is 9.84 Å². The van der Waals surface area contributed by atoms with Gasteiger partial charge in [-0.15, -0.1) is 0 Å². The molecule has 108 valence electrons. The molecule has 7 nitrogen and oxygen atoms in total. The molecule has 0 spiro atoms. The van der Waals surface area contributed by atoms with Crippen molar-refractivity contribution in [3.8, 4) is 0 Å². The first-order chi connectivity index (χ1) is 9.32. The molecule has 0 radical (unpaired) electrons. The molecule has 0 aliphatic carbocycles. The van der Waals surface area contributed by atoms with E-state index in [2.05, 4.69) is 9.46 Å². The summed E-state index contributed by atoms with van der Waals surface area (Å²) in [4.78, 5) is 21.3. The molecule has 0 unspecified atom stereocenters. The Labute approximate surface area is 115 Å². The molecule has 0 aromatic heterocycles. The molecule has 8 heteroatoms. The smallest absolute Gasteiger partial charge is 0.328 e. The number of anilines is 1. The van der Waals surface area contributed by atoms with E-state index in [1.807, 2.05) is 0 Å². The highest BCUT2D eigenvalue weighted by Gasteiger charge is 2.16. The highest BCUT2D eigenvalue weighted by atomic mass is 32.2. The lowest BCUT2D eigenvalue weighted by Gasteiger charge is -2.07. The van der Waals surface area contributed by atoms with Gasteiger partial charge in [0.05, 0.1) is 7.11 Å². The number of benzene rings is 1. The van der Waals surface area contributed by atoms with Gasteiger partial charge in [-0.3, -0.25) is 9.52 Å². The van der Waals surface area contributed by atoms with Crippen molar-refractivity contribution in [2.24, 2.45) is 0 Å². The van der Waals surface area contributed by atoms with Gasteiger partial charge in [-0.25, -0.2) is 13.2 Å². The summed E-state index contributed by atoms with van der Waals surface area (Å²) in [5, 5.41) is 8.51. The van der Waals surface area contributed by atoms with E-state index in [1.165, 1.54) is 18.2 Å².